The number of carbonyl (C=O) groups excluding carboxylic acids is 2. The number of ether oxygens (including phenoxy) is 1. The summed E-state index contributed by atoms with van der Waals surface area (Å²) in [6, 6.07) is 10.1. The van der Waals surface area contributed by atoms with Gasteiger partial charge in [0, 0.05) is 32.6 Å². The van der Waals surface area contributed by atoms with E-state index in [-0.39, 0.29) is 17.9 Å². The highest BCUT2D eigenvalue weighted by molar-refractivity contribution is 5.77. The zero-order valence-corrected chi connectivity index (χ0v) is 15.1. The molecular weight excluding hydrogens is 304 g/mol. The Morgan fingerprint density at radius 1 is 1.17 bits per heavy atom. The van der Waals surface area contributed by atoms with E-state index in [1.807, 2.05) is 39.0 Å². The molecule has 0 radical (unpaired) electrons. The van der Waals surface area contributed by atoms with E-state index in [9.17, 15) is 9.59 Å². The monoisotopic (exact) mass is 332 g/mol. The van der Waals surface area contributed by atoms with E-state index >= 15 is 0 Å². The molecule has 2 rings (SSSR count). The Bertz CT molecular complexity index is 566. The molecule has 24 heavy (non-hydrogen) atoms. The van der Waals surface area contributed by atoms with Crippen LogP contribution >= 0.6 is 0 Å². The molecule has 1 saturated heterocycles. The van der Waals surface area contributed by atoms with E-state index < -0.39 is 5.60 Å². The fourth-order valence-corrected chi connectivity index (χ4v) is 2.97. The van der Waals surface area contributed by atoms with Crippen molar-refractivity contribution < 1.29 is 14.3 Å². The first-order valence-corrected chi connectivity index (χ1v) is 8.50. The average Bonchev–Trinajstić information content (AvgIpc) is 2.46. The van der Waals surface area contributed by atoms with Gasteiger partial charge in [-0.15, -0.1) is 0 Å². The predicted octanol–water partition coefficient (Wildman–Crippen LogP) is 3.09. The van der Waals surface area contributed by atoms with Crippen LogP contribution in [0, 0.1) is 0 Å². The average molecular weight is 332 g/mol. The summed E-state index contributed by atoms with van der Waals surface area (Å²) in [6.45, 7) is 10.0. The number of Topliss-reactive ketones (excluding diaryl/α,β-unsaturated/α-hetero) is 1. The topological polar surface area (TPSA) is 49.9 Å². The van der Waals surface area contributed by atoms with Crippen LogP contribution in [0.2, 0.25) is 0 Å². The minimum atomic E-state index is -0.529. The summed E-state index contributed by atoms with van der Waals surface area (Å²) in [5.74, 6) is 0.0927. The highest BCUT2D eigenvalue weighted by Gasteiger charge is 2.33. The van der Waals surface area contributed by atoms with Crippen LogP contribution in [0.25, 0.3) is 0 Å². The van der Waals surface area contributed by atoms with Crippen molar-refractivity contribution in [3.63, 3.8) is 0 Å². The Morgan fingerprint density at radius 2 is 1.83 bits per heavy atom. The quantitative estimate of drug-likeness (QED) is 0.850. The molecule has 1 aromatic rings. The summed E-state index contributed by atoms with van der Waals surface area (Å²) in [4.78, 5) is 28.1. The van der Waals surface area contributed by atoms with Crippen molar-refractivity contribution in [2.75, 3.05) is 19.6 Å². The van der Waals surface area contributed by atoms with Crippen LogP contribution in [-0.4, -0.2) is 53.0 Å². The minimum Gasteiger partial charge on any atom is -0.444 e. The molecule has 1 amide bonds. The van der Waals surface area contributed by atoms with Gasteiger partial charge in [-0.2, -0.15) is 0 Å². The number of benzene rings is 1. The normalized spacial score (nSPS) is 19.2. The first kappa shape index (κ1) is 18.5. The molecule has 0 unspecified atom stereocenters. The van der Waals surface area contributed by atoms with Crippen LogP contribution in [0.3, 0.4) is 0 Å². The van der Waals surface area contributed by atoms with Gasteiger partial charge in [0.2, 0.25) is 0 Å². The van der Waals surface area contributed by atoms with E-state index in [0.29, 0.717) is 19.5 Å². The minimum absolute atomic E-state index is 0.0927. The Morgan fingerprint density at radius 3 is 2.42 bits per heavy atom. The van der Waals surface area contributed by atoms with Crippen molar-refractivity contribution in [2.45, 2.75) is 52.3 Å². The first-order chi connectivity index (χ1) is 11.2. The number of carbonyl (C=O) groups is 2. The van der Waals surface area contributed by atoms with Crippen LogP contribution in [0.5, 0.6) is 0 Å². The van der Waals surface area contributed by atoms with Crippen LogP contribution in [0.4, 0.5) is 4.79 Å². The van der Waals surface area contributed by atoms with Crippen molar-refractivity contribution >= 4 is 11.9 Å². The SMILES string of the molecule is CC(=O)C[C@@H]1CN(Cc2ccccc2)CCN1C(=O)OC(C)(C)C. The van der Waals surface area contributed by atoms with Crippen molar-refractivity contribution in [3.05, 3.63) is 35.9 Å². The fraction of sp³-hybridized carbons (Fsp3) is 0.579. The van der Waals surface area contributed by atoms with Gasteiger partial charge >= 0.3 is 6.09 Å². The largest absolute Gasteiger partial charge is 0.444 e. The second kappa shape index (κ2) is 7.79. The van der Waals surface area contributed by atoms with E-state index in [1.165, 1.54) is 5.56 Å². The number of ketones is 1. The Hall–Kier alpha value is -1.88. The molecule has 1 heterocycles. The Labute approximate surface area is 144 Å². The number of hydrogen-bond donors (Lipinski definition) is 0. The second-order valence-corrected chi connectivity index (χ2v) is 7.45. The van der Waals surface area contributed by atoms with Crippen LogP contribution in [-0.2, 0) is 16.1 Å². The van der Waals surface area contributed by atoms with E-state index in [2.05, 4.69) is 17.0 Å². The molecule has 5 heteroatoms. The van der Waals surface area contributed by atoms with Gasteiger partial charge in [-0.05, 0) is 33.3 Å². The highest BCUT2D eigenvalue weighted by atomic mass is 16.6. The molecule has 1 fully saturated rings. The van der Waals surface area contributed by atoms with Gasteiger partial charge in [-0.1, -0.05) is 30.3 Å². The maximum absolute atomic E-state index is 12.4. The summed E-state index contributed by atoms with van der Waals surface area (Å²) in [5, 5.41) is 0. The fourth-order valence-electron chi connectivity index (χ4n) is 2.97. The van der Waals surface area contributed by atoms with Gasteiger partial charge in [0.25, 0.3) is 0 Å². The molecule has 0 spiro atoms. The third-order valence-electron chi connectivity index (χ3n) is 3.97. The van der Waals surface area contributed by atoms with Gasteiger partial charge in [-0.25, -0.2) is 4.79 Å². The molecule has 0 N–H and O–H groups in total. The van der Waals surface area contributed by atoms with Crippen molar-refractivity contribution in [3.8, 4) is 0 Å². The maximum Gasteiger partial charge on any atom is 0.410 e. The third-order valence-corrected chi connectivity index (χ3v) is 3.97. The van der Waals surface area contributed by atoms with Crippen molar-refractivity contribution in [1.82, 2.24) is 9.80 Å². The number of piperazine rings is 1. The van der Waals surface area contributed by atoms with E-state index in [4.69, 9.17) is 4.74 Å². The summed E-state index contributed by atoms with van der Waals surface area (Å²) < 4.78 is 5.50. The second-order valence-electron chi connectivity index (χ2n) is 7.45. The van der Waals surface area contributed by atoms with E-state index in [1.54, 1.807) is 11.8 Å². The summed E-state index contributed by atoms with van der Waals surface area (Å²) in [7, 11) is 0. The lowest BCUT2D eigenvalue weighted by Gasteiger charge is -2.41. The number of hydrogen-bond acceptors (Lipinski definition) is 4. The third kappa shape index (κ3) is 5.64. The van der Waals surface area contributed by atoms with Crippen LogP contribution in [0.1, 0.15) is 39.7 Å². The smallest absolute Gasteiger partial charge is 0.410 e. The number of nitrogens with zero attached hydrogens (tertiary/aromatic N) is 2. The number of amides is 1. The Balaban J connectivity index is 2.04. The molecule has 1 aliphatic heterocycles. The molecule has 1 aliphatic rings. The van der Waals surface area contributed by atoms with Crippen LogP contribution in [0.15, 0.2) is 30.3 Å². The molecule has 0 aromatic heterocycles. The van der Waals surface area contributed by atoms with Crippen LogP contribution < -0.4 is 0 Å². The van der Waals surface area contributed by atoms with Crippen molar-refractivity contribution in [2.24, 2.45) is 0 Å². The van der Waals surface area contributed by atoms with Gasteiger partial charge in [0.05, 0.1) is 6.04 Å². The van der Waals surface area contributed by atoms with Gasteiger partial charge in [0.1, 0.15) is 11.4 Å². The van der Waals surface area contributed by atoms with Gasteiger partial charge in [-0.3, -0.25) is 9.69 Å². The maximum atomic E-state index is 12.4. The van der Waals surface area contributed by atoms with E-state index in [0.717, 1.165) is 13.1 Å². The molecular formula is C19H28N2O3. The zero-order valence-electron chi connectivity index (χ0n) is 15.1. The lowest BCUT2D eigenvalue weighted by atomic mass is 10.1. The summed E-state index contributed by atoms with van der Waals surface area (Å²) in [6.07, 6.45) is 0.0398. The molecule has 132 valence electrons. The highest BCUT2D eigenvalue weighted by Crippen LogP contribution is 2.19. The van der Waals surface area contributed by atoms with Gasteiger partial charge in [0.15, 0.2) is 0 Å². The molecule has 1 aromatic carbocycles. The molecule has 0 saturated carbocycles. The van der Waals surface area contributed by atoms with Gasteiger partial charge < -0.3 is 9.64 Å². The lowest BCUT2D eigenvalue weighted by molar-refractivity contribution is -0.118. The molecule has 1 atom stereocenters. The molecule has 0 bridgehead atoms. The summed E-state index contributed by atoms with van der Waals surface area (Å²) in [5.41, 5.74) is 0.712. The molecule has 0 aliphatic carbocycles. The zero-order chi connectivity index (χ0) is 17.7. The number of rotatable bonds is 4. The lowest BCUT2D eigenvalue weighted by Crippen LogP contribution is -2.56. The Kier molecular flexibility index (Phi) is 5.99. The molecule has 5 nitrogen and oxygen atoms in total. The standard InChI is InChI=1S/C19H28N2O3/c1-15(22)12-17-14-20(13-16-8-6-5-7-9-16)10-11-21(17)18(23)24-19(2,3)4/h5-9,17H,10-14H2,1-4H3/t17-/m1/s1. The van der Waals surface area contributed by atoms with Crippen molar-refractivity contribution in [1.29, 1.82) is 0 Å². The predicted molar refractivity (Wildman–Crippen MR) is 93.7 cm³/mol. The first-order valence-electron chi connectivity index (χ1n) is 8.50. The summed E-state index contributed by atoms with van der Waals surface area (Å²) >= 11 is 0.